The maximum absolute atomic E-state index is 12.8. The highest BCUT2D eigenvalue weighted by Crippen LogP contribution is 2.41. The van der Waals surface area contributed by atoms with E-state index in [4.69, 9.17) is 14.2 Å². The SMILES string of the molecule is CCOC(=O)c1cn2c(cc1=O)-c1cc(CO)c(OC3CC(OC)C3)cc1CC2C(C)C. The summed E-state index contributed by atoms with van der Waals surface area (Å²) in [5.74, 6) is 0.360. The molecule has 1 aliphatic carbocycles. The largest absolute Gasteiger partial charge is 0.490 e. The molecule has 1 aliphatic heterocycles. The lowest BCUT2D eigenvalue weighted by atomic mass is 9.86. The van der Waals surface area contributed by atoms with Gasteiger partial charge in [0.25, 0.3) is 0 Å². The second kappa shape index (κ2) is 9.08. The fourth-order valence-corrected chi connectivity index (χ4v) is 4.58. The van der Waals surface area contributed by atoms with Gasteiger partial charge in [-0.2, -0.15) is 0 Å². The number of aromatic nitrogens is 1. The zero-order valence-electron chi connectivity index (χ0n) is 19.1. The Hall–Kier alpha value is -2.64. The van der Waals surface area contributed by atoms with Gasteiger partial charge in [-0.3, -0.25) is 4.79 Å². The minimum atomic E-state index is -0.601. The summed E-state index contributed by atoms with van der Waals surface area (Å²) in [6.45, 7) is 6.02. The van der Waals surface area contributed by atoms with Crippen LogP contribution in [-0.2, 0) is 22.5 Å². The Morgan fingerprint density at radius 1 is 1.22 bits per heavy atom. The number of esters is 1. The van der Waals surface area contributed by atoms with Crippen LogP contribution in [0.2, 0.25) is 0 Å². The van der Waals surface area contributed by atoms with E-state index in [0.717, 1.165) is 36.1 Å². The Kier molecular flexibility index (Phi) is 6.40. The van der Waals surface area contributed by atoms with Crippen LogP contribution in [0.15, 0.2) is 29.2 Å². The Balaban J connectivity index is 1.77. The van der Waals surface area contributed by atoms with Gasteiger partial charge < -0.3 is 23.9 Å². The van der Waals surface area contributed by atoms with E-state index in [1.807, 2.05) is 16.7 Å². The monoisotopic (exact) mass is 441 g/mol. The van der Waals surface area contributed by atoms with Crippen molar-refractivity contribution < 1.29 is 24.1 Å². The molecule has 1 saturated carbocycles. The molecule has 1 aromatic carbocycles. The molecule has 172 valence electrons. The van der Waals surface area contributed by atoms with Crippen LogP contribution in [0.4, 0.5) is 0 Å². The standard InChI is InChI=1S/C25H31NO6/c1-5-31-25(29)20-12-26-21(14(2)3)7-15-8-24(32-18-9-17(10-18)30-4)16(13-27)6-19(15)22(26)11-23(20)28/h6,8,11-12,14,17-18,21,27H,5,7,9-10,13H2,1-4H3. The number of ether oxygens (including phenoxy) is 3. The van der Waals surface area contributed by atoms with Crippen molar-refractivity contribution in [3.8, 4) is 17.0 Å². The third kappa shape index (κ3) is 4.07. The molecular weight excluding hydrogens is 410 g/mol. The summed E-state index contributed by atoms with van der Waals surface area (Å²) in [6.07, 6.45) is 4.34. The van der Waals surface area contributed by atoms with E-state index in [9.17, 15) is 14.7 Å². The molecule has 7 heteroatoms. The van der Waals surface area contributed by atoms with Crippen molar-refractivity contribution in [2.45, 2.75) is 64.9 Å². The summed E-state index contributed by atoms with van der Waals surface area (Å²) in [7, 11) is 1.71. The minimum Gasteiger partial charge on any atom is -0.490 e. The molecule has 4 rings (SSSR count). The van der Waals surface area contributed by atoms with Crippen molar-refractivity contribution in [2.24, 2.45) is 5.92 Å². The van der Waals surface area contributed by atoms with Gasteiger partial charge in [0, 0.05) is 49.4 Å². The lowest BCUT2D eigenvalue weighted by Crippen LogP contribution is -2.39. The number of aliphatic hydroxyl groups is 1. The highest BCUT2D eigenvalue weighted by atomic mass is 16.5. The van der Waals surface area contributed by atoms with Crippen molar-refractivity contribution in [1.82, 2.24) is 4.57 Å². The predicted octanol–water partition coefficient (Wildman–Crippen LogP) is 3.49. The molecule has 0 radical (unpaired) electrons. The molecule has 1 aromatic heterocycles. The number of methoxy groups -OCH3 is 1. The molecule has 2 aromatic rings. The average molecular weight is 442 g/mol. The van der Waals surface area contributed by atoms with E-state index in [2.05, 4.69) is 13.8 Å². The van der Waals surface area contributed by atoms with Gasteiger partial charge >= 0.3 is 5.97 Å². The number of aliphatic hydroxyl groups excluding tert-OH is 1. The van der Waals surface area contributed by atoms with Gasteiger partial charge in [-0.1, -0.05) is 13.8 Å². The zero-order valence-corrected chi connectivity index (χ0v) is 19.1. The molecule has 0 spiro atoms. The zero-order chi connectivity index (χ0) is 23.0. The second-order valence-electron chi connectivity index (χ2n) is 8.92. The van der Waals surface area contributed by atoms with Gasteiger partial charge in [-0.25, -0.2) is 4.79 Å². The quantitative estimate of drug-likeness (QED) is 0.662. The molecule has 32 heavy (non-hydrogen) atoms. The number of fused-ring (bicyclic) bond motifs is 3. The third-order valence-electron chi connectivity index (χ3n) is 6.54. The number of rotatable bonds is 7. The third-order valence-corrected chi connectivity index (χ3v) is 6.54. The van der Waals surface area contributed by atoms with Crippen LogP contribution in [0.1, 0.15) is 61.1 Å². The Morgan fingerprint density at radius 3 is 2.59 bits per heavy atom. The van der Waals surface area contributed by atoms with E-state index in [-0.39, 0.29) is 48.4 Å². The molecule has 1 atom stereocenters. The van der Waals surface area contributed by atoms with E-state index in [1.54, 1.807) is 20.2 Å². The Bertz CT molecular complexity index is 1070. The number of benzene rings is 1. The normalized spacial score (nSPS) is 21.5. The molecule has 2 heterocycles. The fraction of sp³-hybridized carbons (Fsp3) is 0.520. The summed E-state index contributed by atoms with van der Waals surface area (Å²) in [5.41, 5.74) is 3.06. The van der Waals surface area contributed by atoms with Crippen LogP contribution in [0.3, 0.4) is 0 Å². The molecule has 1 fully saturated rings. The topological polar surface area (TPSA) is 87.0 Å². The predicted molar refractivity (Wildman–Crippen MR) is 120 cm³/mol. The van der Waals surface area contributed by atoms with Crippen molar-refractivity contribution in [2.75, 3.05) is 13.7 Å². The van der Waals surface area contributed by atoms with E-state index in [0.29, 0.717) is 11.3 Å². The molecule has 7 nitrogen and oxygen atoms in total. The van der Waals surface area contributed by atoms with Gasteiger partial charge in [-0.05, 0) is 37.0 Å². The maximum atomic E-state index is 12.8. The maximum Gasteiger partial charge on any atom is 0.343 e. The first-order valence-corrected chi connectivity index (χ1v) is 11.3. The van der Waals surface area contributed by atoms with Crippen LogP contribution in [0, 0.1) is 5.92 Å². The Morgan fingerprint density at radius 2 is 1.97 bits per heavy atom. The van der Waals surface area contributed by atoms with Crippen LogP contribution < -0.4 is 10.2 Å². The highest BCUT2D eigenvalue weighted by Gasteiger charge is 2.33. The lowest BCUT2D eigenvalue weighted by Gasteiger charge is -2.36. The summed E-state index contributed by atoms with van der Waals surface area (Å²) in [5, 5.41) is 10.0. The second-order valence-corrected chi connectivity index (χ2v) is 8.92. The number of hydrogen-bond donors (Lipinski definition) is 1. The van der Waals surface area contributed by atoms with Crippen molar-refractivity contribution in [3.05, 3.63) is 51.3 Å². The van der Waals surface area contributed by atoms with Gasteiger partial charge in [-0.15, -0.1) is 0 Å². The van der Waals surface area contributed by atoms with Crippen molar-refractivity contribution in [1.29, 1.82) is 0 Å². The molecule has 2 aliphatic rings. The van der Waals surface area contributed by atoms with E-state index in [1.165, 1.54) is 6.07 Å². The first-order chi connectivity index (χ1) is 15.4. The van der Waals surface area contributed by atoms with Crippen molar-refractivity contribution in [3.63, 3.8) is 0 Å². The summed E-state index contributed by atoms with van der Waals surface area (Å²) < 4.78 is 18.6. The summed E-state index contributed by atoms with van der Waals surface area (Å²) >= 11 is 0. The van der Waals surface area contributed by atoms with E-state index >= 15 is 0 Å². The van der Waals surface area contributed by atoms with E-state index < -0.39 is 5.97 Å². The van der Waals surface area contributed by atoms with Gasteiger partial charge in [0.1, 0.15) is 17.4 Å². The highest BCUT2D eigenvalue weighted by molar-refractivity contribution is 5.89. The molecule has 0 bridgehead atoms. The smallest absolute Gasteiger partial charge is 0.343 e. The number of hydrogen-bond acceptors (Lipinski definition) is 6. The molecule has 1 N–H and O–H groups in total. The van der Waals surface area contributed by atoms with Crippen molar-refractivity contribution >= 4 is 5.97 Å². The number of pyridine rings is 1. The number of carbonyl (C=O) groups excluding carboxylic acids is 1. The first-order valence-electron chi connectivity index (χ1n) is 11.3. The van der Waals surface area contributed by atoms with Crippen LogP contribution in [0.25, 0.3) is 11.3 Å². The molecule has 0 amide bonds. The van der Waals surface area contributed by atoms with Gasteiger partial charge in [0.05, 0.1) is 25.0 Å². The number of nitrogens with zero attached hydrogens (tertiary/aromatic N) is 1. The van der Waals surface area contributed by atoms with Crippen LogP contribution in [0.5, 0.6) is 5.75 Å². The van der Waals surface area contributed by atoms with Gasteiger partial charge in [0.15, 0.2) is 5.43 Å². The summed E-state index contributed by atoms with van der Waals surface area (Å²) in [4.78, 5) is 25.1. The summed E-state index contributed by atoms with van der Waals surface area (Å²) in [6, 6.07) is 5.49. The molecular formula is C25H31NO6. The van der Waals surface area contributed by atoms with Gasteiger partial charge in [0.2, 0.25) is 0 Å². The Labute approximate surface area is 187 Å². The van der Waals surface area contributed by atoms with Crippen LogP contribution in [-0.4, -0.2) is 41.6 Å². The number of carbonyl (C=O) groups is 1. The average Bonchev–Trinajstić information content (AvgIpc) is 2.74. The minimum absolute atomic E-state index is 0.0460. The molecule has 0 saturated heterocycles. The fourth-order valence-electron chi connectivity index (χ4n) is 4.58. The first kappa shape index (κ1) is 22.6. The molecule has 1 unspecified atom stereocenters. The lowest BCUT2D eigenvalue weighted by molar-refractivity contribution is -0.0387. The van der Waals surface area contributed by atoms with Crippen LogP contribution >= 0.6 is 0 Å².